The van der Waals surface area contributed by atoms with Gasteiger partial charge in [-0.25, -0.2) is 15.0 Å². The van der Waals surface area contributed by atoms with Crippen molar-refractivity contribution in [2.45, 2.75) is 12.8 Å². The predicted octanol–water partition coefficient (Wildman–Crippen LogP) is 4.54. The fourth-order valence-corrected chi connectivity index (χ4v) is 4.83. The van der Waals surface area contributed by atoms with Gasteiger partial charge >= 0.3 is 0 Å². The summed E-state index contributed by atoms with van der Waals surface area (Å²) in [6, 6.07) is 16.8. The molecule has 0 spiro atoms. The zero-order chi connectivity index (χ0) is 24.5. The van der Waals surface area contributed by atoms with Crippen molar-refractivity contribution in [2.24, 2.45) is 0 Å². The summed E-state index contributed by atoms with van der Waals surface area (Å²) >= 11 is 0. The lowest BCUT2D eigenvalue weighted by Crippen LogP contribution is -2.50. The summed E-state index contributed by atoms with van der Waals surface area (Å²) in [5.74, 6) is 1.62. The molecule has 4 heterocycles. The number of nitrogens with zero attached hydrogens (tertiary/aromatic N) is 5. The second-order valence-electron chi connectivity index (χ2n) is 9.18. The third kappa shape index (κ3) is 4.36. The first-order chi connectivity index (χ1) is 17.7. The summed E-state index contributed by atoms with van der Waals surface area (Å²) in [7, 11) is 1.98. The topological polar surface area (TPSA) is 88.8 Å². The first-order valence-electron chi connectivity index (χ1n) is 12.4. The molecular weight excluding hydrogens is 448 g/mol. The van der Waals surface area contributed by atoms with Gasteiger partial charge < -0.3 is 14.9 Å². The molecule has 5 aromatic rings. The number of aryl methyl sites for hydroxylation is 1. The Balaban J connectivity index is 1.27. The highest BCUT2D eigenvalue weighted by Crippen LogP contribution is 2.28. The van der Waals surface area contributed by atoms with E-state index in [-0.39, 0.29) is 0 Å². The van der Waals surface area contributed by atoms with Gasteiger partial charge in [0.2, 0.25) is 0 Å². The fourth-order valence-electron chi connectivity index (χ4n) is 4.83. The number of hydrazine groups is 1. The maximum Gasteiger partial charge on any atom is 0.157 e. The molecule has 0 unspecified atom stereocenters. The van der Waals surface area contributed by atoms with E-state index in [1.807, 2.05) is 31.5 Å². The van der Waals surface area contributed by atoms with E-state index in [4.69, 9.17) is 9.97 Å². The average molecular weight is 479 g/mol. The summed E-state index contributed by atoms with van der Waals surface area (Å²) in [5.41, 5.74) is 11.4. The van der Waals surface area contributed by atoms with Crippen molar-refractivity contribution >= 4 is 27.8 Å². The third-order valence-electron chi connectivity index (χ3n) is 6.89. The molecule has 1 aliphatic heterocycles. The van der Waals surface area contributed by atoms with Gasteiger partial charge in [-0.2, -0.15) is 0 Å². The average Bonchev–Trinajstić information content (AvgIpc) is 3.55. The Morgan fingerprint density at radius 2 is 1.67 bits per heavy atom. The molecule has 36 heavy (non-hydrogen) atoms. The van der Waals surface area contributed by atoms with Gasteiger partial charge in [0, 0.05) is 43.6 Å². The van der Waals surface area contributed by atoms with Gasteiger partial charge in [-0.3, -0.25) is 10.4 Å². The normalized spacial score (nSPS) is 14.6. The second kappa shape index (κ2) is 9.56. The number of rotatable bonds is 7. The Kier molecular flexibility index (Phi) is 5.96. The lowest BCUT2D eigenvalue weighted by atomic mass is 10.1. The summed E-state index contributed by atoms with van der Waals surface area (Å²) in [5, 5.41) is 2.25. The Bertz CT molecular complexity index is 1520. The van der Waals surface area contributed by atoms with E-state index in [0.29, 0.717) is 0 Å². The number of anilines is 1. The van der Waals surface area contributed by atoms with E-state index in [2.05, 4.69) is 73.3 Å². The van der Waals surface area contributed by atoms with Gasteiger partial charge in [0.05, 0.1) is 22.1 Å². The van der Waals surface area contributed by atoms with Gasteiger partial charge in [0.15, 0.2) is 5.82 Å². The highest BCUT2D eigenvalue weighted by atomic mass is 15.5. The molecule has 3 aromatic heterocycles. The van der Waals surface area contributed by atoms with Crippen molar-refractivity contribution in [1.82, 2.24) is 35.4 Å². The Labute approximate surface area is 210 Å². The van der Waals surface area contributed by atoms with E-state index in [1.165, 1.54) is 11.3 Å². The molecule has 1 saturated heterocycles. The highest BCUT2D eigenvalue weighted by molar-refractivity contribution is 5.86. The first kappa shape index (κ1) is 22.5. The number of aromatic amines is 2. The van der Waals surface area contributed by atoms with Crippen LogP contribution < -0.4 is 10.3 Å². The van der Waals surface area contributed by atoms with E-state index >= 15 is 0 Å². The summed E-state index contributed by atoms with van der Waals surface area (Å²) in [4.78, 5) is 23.6. The van der Waals surface area contributed by atoms with Gasteiger partial charge in [0.25, 0.3) is 0 Å². The number of piperazine rings is 1. The molecule has 0 radical (unpaired) electrons. The van der Waals surface area contributed by atoms with E-state index in [9.17, 15) is 0 Å². The molecular formula is C28H30N8. The minimum Gasteiger partial charge on any atom is -0.369 e. The first-order valence-corrected chi connectivity index (χ1v) is 12.4. The van der Waals surface area contributed by atoms with Crippen LogP contribution in [0, 0.1) is 0 Å². The van der Waals surface area contributed by atoms with Crippen molar-refractivity contribution in [3.8, 4) is 22.9 Å². The maximum atomic E-state index is 4.86. The molecule has 1 aliphatic rings. The number of aromatic nitrogens is 5. The molecule has 0 amide bonds. The minimum absolute atomic E-state index is 0.773. The molecule has 0 atom stereocenters. The van der Waals surface area contributed by atoms with E-state index < -0.39 is 0 Å². The largest absolute Gasteiger partial charge is 0.369 e. The van der Waals surface area contributed by atoms with Crippen LogP contribution in [-0.4, -0.2) is 63.2 Å². The number of nitrogens with one attached hydrogen (secondary N) is 3. The van der Waals surface area contributed by atoms with Crippen LogP contribution in [0.3, 0.4) is 0 Å². The summed E-state index contributed by atoms with van der Waals surface area (Å²) < 4.78 is 0. The fraction of sp³-hybridized carbons (Fsp3) is 0.250. The number of allylic oxidation sites excluding steroid dienone is 1. The number of H-pyrrole nitrogens is 2. The quantitative estimate of drug-likeness (QED) is 0.298. The molecule has 0 bridgehead atoms. The number of hydrogen-bond donors (Lipinski definition) is 3. The number of benzene rings is 2. The zero-order valence-corrected chi connectivity index (χ0v) is 20.5. The van der Waals surface area contributed by atoms with Crippen LogP contribution in [0.2, 0.25) is 0 Å². The molecule has 182 valence electrons. The van der Waals surface area contributed by atoms with Gasteiger partial charge in [0.1, 0.15) is 11.5 Å². The summed E-state index contributed by atoms with van der Waals surface area (Å²) in [6.07, 6.45) is 5.67. The van der Waals surface area contributed by atoms with Crippen molar-refractivity contribution in [1.29, 1.82) is 0 Å². The molecule has 6 rings (SSSR count). The van der Waals surface area contributed by atoms with Crippen LogP contribution in [0.25, 0.3) is 45.0 Å². The van der Waals surface area contributed by atoms with Crippen LogP contribution in [0.4, 0.5) is 5.69 Å². The van der Waals surface area contributed by atoms with Crippen LogP contribution in [0.5, 0.6) is 0 Å². The summed E-state index contributed by atoms with van der Waals surface area (Å²) in [6.45, 7) is 7.82. The third-order valence-corrected chi connectivity index (χ3v) is 6.89. The van der Waals surface area contributed by atoms with Crippen molar-refractivity contribution in [2.75, 3.05) is 38.1 Å². The number of imidazole rings is 2. The lowest BCUT2D eigenvalue weighted by Gasteiger charge is -2.35. The Morgan fingerprint density at radius 3 is 2.47 bits per heavy atom. The van der Waals surface area contributed by atoms with Crippen molar-refractivity contribution < 1.29 is 0 Å². The molecule has 0 saturated carbocycles. The maximum absolute atomic E-state index is 4.86. The lowest BCUT2D eigenvalue weighted by molar-refractivity contribution is 0.195. The number of hydrogen-bond acceptors (Lipinski definition) is 6. The minimum atomic E-state index is 0.773. The molecule has 0 aliphatic carbocycles. The SMILES string of the molecule is C=CCCc1ccnc(-c2nc3ccc(-c4nc5ccc(N6CCN(NC)CC6)cc5[nH]4)cc3[nH]2)c1. The van der Waals surface area contributed by atoms with E-state index in [0.717, 1.165) is 84.0 Å². The van der Waals surface area contributed by atoms with Gasteiger partial charge in [-0.15, -0.1) is 6.58 Å². The smallest absolute Gasteiger partial charge is 0.157 e. The number of pyridine rings is 1. The molecule has 2 aromatic carbocycles. The zero-order valence-electron chi connectivity index (χ0n) is 20.5. The Morgan fingerprint density at radius 1 is 0.917 bits per heavy atom. The number of fused-ring (bicyclic) bond motifs is 2. The molecule has 8 heteroatoms. The van der Waals surface area contributed by atoms with Crippen molar-refractivity contribution in [3.05, 3.63) is 72.9 Å². The second-order valence-corrected chi connectivity index (χ2v) is 9.18. The van der Waals surface area contributed by atoms with Crippen LogP contribution in [0.1, 0.15) is 12.0 Å². The van der Waals surface area contributed by atoms with Crippen LogP contribution in [-0.2, 0) is 6.42 Å². The van der Waals surface area contributed by atoms with Crippen LogP contribution in [0.15, 0.2) is 67.4 Å². The van der Waals surface area contributed by atoms with Gasteiger partial charge in [-0.05, 0) is 74.0 Å². The Hall–Kier alpha value is -4.01. The highest BCUT2D eigenvalue weighted by Gasteiger charge is 2.17. The van der Waals surface area contributed by atoms with Gasteiger partial charge in [-0.1, -0.05) is 6.08 Å². The van der Waals surface area contributed by atoms with E-state index in [1.54, 1.807) is 0 Å². The predicted molar refractivity (Wildman–Crippen MR) is 146 cm³/mol. The standard InChI is InChI=1S/C28H30N8/c1-3-4-5-19-10-11-30-26(16-19)28-32-22-8-6-20(17-24(22)34-28)27-31-23-9-7-21(18-25(23)33-27)35-12-14-36(29-2)15-13-35/h3,6-11,16-18,29H,1,4-5,12-15H2,2H3,(H,31,33)(H,32,34). The molecule has 8 nitrogen and oxygen atoms in total. The molecule has 3 N–H and O–H groups in total. The van der Waals surface area contributed by atoms with Crippen molar-refractivity contribution in [3.63, 3.8) is 0 Å². The van der Waals surface area contributed by atoms with Crippen LogP contribution >= 0.6 is 0 Å². The monoisotopic (exact) mass is 478 g/mol. The molecule has 1 fully saturated rings.